The minimum atomic E-state index is -0.454. The largest absolute Gasteiger partial charge is 0.289 e. The Hall–Kier alpha value is 0.490. The summed E-state index contributed by atoms with van der Waals surface area (Å²) in [5, 5.41) is 0. The zero-order valence-electron chi connectivity index (χ0n) is 2.76. The van der Waals surface area contributed by atoms with Gasteiger partial charge in [0, 0.05) is 0 Å². The van der Waals surface area contributed by atoms with Crippen LogP contribution in [0, 0.1) is 0 Å². The van der Waals surface area contributed by atoms with Crippen molar-refractivity contribution in [2.75, 3.05) is 0 Å². The van der Waals surface area contributed by atoms with Crippen LogP contribution in [0.3, 0.4) is 0 Å². The van der Waals surface area contributed by atoms with Gasteiger partial charge >= 0.3 is 0 Å². The SMILES string of the molecule is O=C(Cl)P=NP. The molecule has 0 bridgehead atoms. The Kier molecular flexibility index (Phi) is 3.97. The summed E-state index contributed by atoms with van der Waals surface area (Å²) in [4.78, 5) is 9.24. The molecular formula is CH2ClNOP2. The van der Waals surface area contributed by atoms with E-state index < -0.39 is 4.98 Å². The van der Waals surface area contributed by atoms with E-state index in [2.05, 4.69) is 4.52 Å². The topological polar surface area (TPSA) is 29.4 Å². The van der Waals surface area contributed by atoms with Crippen LogP contribution in [0.2, 0.25) is 0 Å². The van der Waals surface area contributed by atoms with E-state index in [-0.39, 0.29) is 0 Å². The highest BCUT2D eigenvalue weighted by Gasteiger charge is 1.81. The van der Waals surface area contributed by atoms with Gasteiger partial charge < -0.3 is 0 Å². The van der Waals surface area contributed by atoms with Crippen LogP contribution >= 0.6 is 29.4 Å². The van der Waals surface area contributed by atoms with Crippen molar-refractivity contribution in [3.63, 3.8) is 0 Å². The van der Waals surface area contributed by atoms with Crippen molar-refractivity contribution < 1.29 is 4.79 Å². The molecular weight excluding hydrogens is 139 g/mol. The summed E-state index contributed by atoms with van der Waals surface area (Å²) < 4.78 is 3.34. The second kappa shape index (κ2) is 3.67. The van der Waals surface area contributed by atoms with Crippen molar-refractivity contribution in [3.8, 4) is 0 Å². The molecule has 5 heteroatoms. The van der Waals surface area contributed by atoms with Gasteiger partial charge in [0.1, 0.15) is 8.37 Å². The van der Waals surface area contributed by atoms with Crippen LogP contribution in [0.15, 0.2) is 4.52 Å². The predicted octanol–water partition coefficient (Wildman–Crippen LogP) is 2.27. The molecule has 0 aliphatic carbocycles. The molecule has 6 heavy (non-hydrogen) atoms. The molecule has 0 rings (SSSR count). The maximum absolute atomic E-state index is 9.69. The van der Waals surface area contributed by atoms with Gasteiger partial charge in [-0.2, -0.15) is 0 Å². The first-order chi connectivity index (χ1) is 2.77. The van der Waals surface area contributed by atoms with Gasteiger partial charge in [0.25, 0.3) is 4.98 Å². The molecule has 0 aromatic heterocycles. The first kappa shape index (κ1) is 6.49. The van der Waals surface area contributed by atoms with Crippen LogP contribution in [0.5, 0.6) is 0 Å². The lowest BCUT2D eigenvalue weighted by molar-refractivity contribution is 0.275. The van der Waals surface area contributed by atoms with Crippen LogP contribution in [-0.2, 0) is 0 Å². The van der Waals surface area contributed by atoms with Crippen LogP contribution in [-0.4, -0.2) is 4.98 Å². The molecule has 0 amide bonds. The van der Waals surface area contributed by atoms with Crippen molar-refractivity contribution in [1.82, 2.24) is 0 Å². The molecule has 0 aromatic carbocycles. The summed E-state index contributed by atoms with van der Waals surface area (Å²) in [6, 6.07) is 0. The minimum Gasteiger partial charge on any atom is -0.269 e. The number of rotatable bonds is 1. The number of carbonyl (C=O) groups is 1. The minimum absolute atomic E-state index is 0.293. The molecule has 34 valence electrons. The number of nitrogens with zero attached hydrogens (tertiary/aromatic N) is 1. The molecule has 0 fully saturated rings. The third-order valence-corrected chi connectivity index (χ3v) is 0.982. The predicted molar refractivity (Wildman–Crippen MR) is 30.3 cm³/mol. The van der Waals surface area contributed by atoms with Gasteiger partial charge in [0.05, 0.1) is 0 Å². The molecule has 2 nitrogen and oxygen atoms in total. The molecule has 1 unspecified atom stereocenters. The van der Waals surface area contributed by atoms with E-state index in [1.54, 1.807) is 0 Å². The fourth-order valence-corrected chi connectivity index (χ4v) is 0.801. The van der Waals surface area contributed by atoms with Gasteiger partial charge in [-0.05, 0) is 21.0 Å². The average Bonchev–Trinajstić information content (AvgIpc) is 1.35. The quantitative estimate of drug-likeness (QED) is 0.407. The maximum Gasteiger partial charge on any atom is 0.289 e. The summed E-state index contributed by atoms with van der Waals surface area (Å²) in [6.45, 7) is 0. The normalized spacial score (nSPS) is 9.67. The molecule has 0 radical (unpaired) electrons. The summed E-state index contributed by atoms with van der Waals surface area (Å²) in [6.07, 6.45) is 0. The van der Waals surface area contributed by atoms with Gasteiger partial charge in [-0.1, -0.05) is 0 Å². The summed E-state index contributed by atoms with van der Waals surface area (Å²) in [5.41, 5.74) is 0. The lowest BCUT2D eigenvalue weighted by Gasteiger charge is -1.63. The maximum atomic E-state index is 9.69. The second-order valence-electron chi connectivity index (χ2n) is 0.468. The van der Waals surface area contributed by atoms with Crippen molar-refractivity contribution in [2.24, 2.45) is 4.52 Å². The summed E-state index contributed by atoms with van der Waals surface area (Å²) in [5.74, 6) is 0. The molecule has 0 aliphatic heterocycles. The van der Waals surface area contributed by atoms with Crippen molar-refractivity contribution in [3.05, 3.63) is 0 Å². The standard InChI is InChI=1S/CH2ClNOP2/c2-1(4)6-3-5/h5H2. The molecule has 0 saturated carbocycles. The molecule has 0 heterocycles. The van der Waals surface area contributed by atoms with Crippen molar-refractivity contribution in [1.29, 1.82) is 0 Å². The Balaban J connectivity index is 3.30. The van der Waals surface area contributed by atoms with Crippen LogP contribution in [0.25, 0.3) is 0 Å². The third kappa shape index (κ3) is 4.49. The van der Waals surface area contributed by atoms with Crippen LogP contribution < -0.4 is 0 Å². The van der Waals surface area contributed by atoms with Gasteiger partial charge in [-0.25, -0.2) is 4.52 Å². The fourth-order valence-electron chi connectivity index (χ4n) is 0.0454. The first-order valence-corrected chi connectivity index (χ1v) is 2.82. The Morgan fingerprint density at radius 2 is 2.50 bits per heavy atom. The average molecular weight is 141 g/mol. The highest BCUT2D eigenvalue weighted by molar-refractivity contribution is 7.58. The molecule has 0 N–H and O–H groups in total. The monoisotopic (exact) mass is 141 g/mol. The van der Waals surface area contributed by atoms with E-state index in [0.717, 1.165) is 0 Å². The lowest BCUT2D eigenvalue weighted by atomic mass is 11.8. The molecule has 0 aliphatic rings. The van der Waals surface area contributed by atoms with Gasteiger partial charge in [0.2, 0.25) is 0 Å². The van der Waals surface area contributed by atoms with E-state index in [0.29, 0.717) is 8.37 Å². The Morgan fingerprint density at radius 3 is 2.50 bits per heavy atom. The number of carbonyl (C=O) groups excluding carboxylic acids is 1. The van der Waals surface area contributed by atoms with Gasteiger partial charge in [-0.15, -0.1) is 0 Å². The summed E-state index contributed by atoms with van der Waals surface area (Å²) in [7, 11) is 2.32. The molecule has 1 atom stereocenters. The van der Waals surface area contributed by atoms with Crippen LogP contribution in [0.1, 0.15) is 0 Å². The number of hydrogen-bond acceptors (Lipinski definition) is 2. The van der Waals surface area contributed by atoms with E-state index in [1.165, 1.54) is 0 Å². The van der Waals surface area contributed by atoms with Crippen molar-refractivity contribution >= 4 is 34.3 Å². The van der Waals surface area contributed by atoms with E-state index in [4.69, 9.17) is 11.6 Å². The van der Waals surface area contributed by atoms with E-state index in [1.807, 2.05) is 9.39 Å². The number of hydrogen-bond donors (Lipinski definition) is 0. The van der Waals surface area contributed by atoms with Crippen LogP contribution in [0.4, 0.5) is 4.79 Å². The Morgan fingerprint density at radius 1 is 2.00 bits per heavy atom. The molecule has 0 saturated heterocycles. The van der Waals surface area contributed by atoms with E-state index in [9.17, 15) is 4.79 Å². The Bertz CT molecular complexity index is 81.6. The summed E-state index contributed by atoms with van der Waals surface area (Å²) >= 11 is 4.82. The molecule has 0 spiro atoms. The highest BCUT2D eigenvalue weighted by Crippen LogP contribution is 2.08. The van der Waals surface area contributed by atoms with Gasteiger partial charge in [-0.3, -0.25) is 4.79 Å². The zero-order valence-corrected chi connectivity index (χ0v) is 5.56. The highest BCUT2D eigenvalue weighted by atomic mass is 35.5. The smallest absolute Gasteiger partial charge is 0.269 e. The number of halogens is 1. The lowest BCUT2D eigenvalue weighted by Crippen LogP contribution is -1.50. The van der Waals surface area contributed by atoms with Crippen molar-refractivity contribution in [2.45, 2.75) is 0 Å². The second-order valence-corrected chi connectivity index (χ2v) is 2.61. The van der Waals surface area contributed by atoms with Gasteiger partial charge in [0.15, 0.2) is 0 Å². The van der Waals surface area contributed by atoms with E-state index >= 15 is 0 Å². The molecule has 0 aromatic rings. The Labute approximate surface area is 44.4 Å². The zero-order chi connectivity index (χ0) is 4.99. The third-order valence-electron chi connectivity index (χ3n) is 0.136. The first-order valence-electron chi connectivity index (χ1n) is 1.07. The fraction of sp³-hybridized carbons (Fsp3) is 0.